The first-order valence-corrected chi connectivity index (χ1v) is 9.30. The standard InChI is InChI=1S/C20H21BrN2O4/c1-14-5-2-3-6-17(14)23-18(24)7-4-8-20(26)27-13-19(25)22-16-11-9-15(21)10-12-16/h2-3,5-6,9-12H,4,7-8,13H2,1H3,(H,22,25)(H,23,24). The highest BCUT2D eigenvalue weighted by molar-refractivity contribution is 9.10. The Kier molecular flexibility index (Phi) is 8.00. The first kappa shape index (κ1) is 20.6. The van der Waals surface area contributed by atoms with Crippen LogP contribution in [0, 0.1) is 6.92 Å². The Morgan fingerprint density at radius 2 is 1.63 bits per heavy atom. The Morgan fingerprint density at radius 3 is 2.33 bits per heavy atom. The van der Waals surface area contributed by atoms with Crippen molar-refractivity contribution < 1.29 is 19.1 Å². The zero-order valence-electron chi connectivity index (χ0n) is 15.0. The lowest BCUT2D eigenvalue weighted by atomic mass is 10.2. The van der Waals surface area contributed by atoms with Crippen molar-refractivity contribution in [3.8, 4) is 0 Å². The van der Waals surface area contributed by atoms with E-state index in [1.807, 2.05) is 31.2 Å². The number of benzene rings is 2. The number of carbonyl (C=O) groups is 3. The fourth-order valence-electron chi connectivity index (χ4n) is 2.27. The molecule has 142 valence electrons. The number of hydrogen-bond acceptors (Lipinski definition) is 4. The number of nitrogens with one attached hydrogen (secondary N) is 2. The second kappa shape index (κ2) is 10.5. The third kappa shape index (κ3) is 7.62. The largest absolute Gasteiger partial charge is 0.456 e. The molecule has 2 amide bonds. The lowest BCUT2D eigenvalue weighted by molar-refractivity contribution is -0.147. The summed E-state index contributed by atoms with van der Waals surface area (Å²) >= 11 is 3.31. The van der Waals surface area contributed by atoms with E-state index in [0.717, 1.165) is 15.7 Å². The second-order valence-corrected chi connectivity index (χ2v) is 6.85. The maximum atomic E-state index is 11.9. The number of carbonyl (C=O) groups excluding carboxylic acids is 3. The monoisotopic (exact) mass is 432 g/mol. The van der Waals surface area contributed by atoms with Gasteiger partial charge in [-0.15, -0.1) is 0 Å². The molecule has 0 heterocycles. The summed E-state index contributed by atoms with van der Waals surface area (Å²) in [5.74, 6) is -1.09. The number of esters is 1. The molecule has 0 aliphatic rings. The molecule has 2 aromatic carbocycles. The van der Waals surface area contributed by atoms with Crippen molar-refractivity contribution in [3.63, 3.8) is 0 Å². The lowest BCUT2D eigenvalue weighted by Crippen LogP contribution is -2.21. The number of halogens is 1. The van der Waals surface area contributed by atoms with E-state index in [1.54, 1.807) is 24.3 Å². The van der Waals surface area contributed by atoms with Gasteiger partial charge < -0.3 is 15.4 Å². The fourth-order valence-corrected chi connectivity index (χ4v) is 2.53. The molecule has 0 aliphatic carbocycles. The quantitative estimate of drug-likeness (QED) is 0.616. The Labute approximate surface area is 166 Å². The van der Waals surface area contributed by atoms with E-state index in [0.29, 0.717) is 12.1 Å². The van der Waals surface area contributed by atoms with Gasteiger partial charge in [0.1, 0.15) is 0 Å². The zero-order chi connectivity index (χ0) is 19.6. The Morgan fingerprint density at radius 1 is 0.926 bits per heavy atom. The third-order valence-electron chi connectivity index (χ3n) is 3.70. The van der Waals surface area contributed by atoms with Crippen molar-refractivity contribution in [2.45, 2.75) is 26.2 Å². The summed E-state index contributed by atoms with van der Waals surface area (Å²) in [7, 11) is 0. The van der Waals surface area contributed by atoms with Crippen molar-refractivity contribution in [3.05, 3.63) is 58.6 Å². The number of anilines is 2. The number of ether oxygens (including phenoxy) is 1. The second-order valence-electron chi connectivity index (χ2n) is 5.93. The van der Waals surface area contributed by atoms with Crippen molar-refractivity contribution in [1.82, 2.24) is 0 Å². The summed E-state index contributed by atoms with van der Waals surface area (Å²) in [6.45, 7) is 1.55. The van der Waals surface area contributed by atoms with Crippen LogP contribution in [0.3, 0.4) is 0 Å². The summed E-state index contributed by atoms with van der Waals surface area (Å²) in [5.41, 5.74) is 2.35. The number of rotatable bonds is 8. The molecule has 0 saturated heterocycles. The van der Waals surface area contributed by atoms with Gasteiger partial charge in [-0.3, -0.25) is 14.4 Å². The molecule has 6 nitrogen and oxygen atoms in total. The third-order valence-corrected chi connectivity index (χ3v) is 4.22. The molecule has 7 heteroatoms. The number of aryl methyl sites for hydroxylation is 1. The van der Waals surface area contributed by atoms with Gasteiger partial charge in [0.05, 0.1) is 0 Å². The molecule has 2 aromatic rings. The predicted molar refractivity (Wildman–Crippen MR) is 107 cm³/mol. The molecule has 2 N–H and O–H groups in total. The van der Waals surface area contributed by atoms with Gasteiger partial charge >= 0.3 is 5.97 Å². The average Bonchev–Trinajstić information content (AvgIpc) is 2.64. The number of para-hydroxylation sites is 1. The zero-order valence-corrected chi connectivity index (χ0v) is 16.5. The molecular formula is C20H21BrN2O4. The molecule has 0 aliphatic heterocycles. The smallest absolute Gasteiger partial charge is 0.306 e. The molecule has 0 atom stereocenters. The summed E-state index contributed by atoms with van der Waals surface area (Å²) in [4.78, 5) is 35.4. The highest BCUT2D eigenvalue weighted by Crippen LogP contribution is 2.15. The van der Waals surface area contributed by atoms with E-state index >= 15 is 0 Å². The van der Waals surface area contributed by atoms with Crippen LogP contribution in [-0.2, 0) is 19.1 Å². The van der Waals surface area contributed by atoms with Crippen LogP contribution < -0.4 is 10.6 Å². The topological polar surface area (TPSA) is 84.5 Å². The average molecular weight is 433 g/mol. The molecule has 0 radical (unpaired) electrons. The van der Waals surface area contributed by atoms with E-state index in [4.69, 9.17) is 4.74 Å². The van der Waals surface area contributed by atoms with E-state index in [1.165, 1.54) is 0 Å². The summed E-state index contributed by atoms with van der Waals surface area (Å²) in [6.07, 6.45) is 0.631. The molecular weight excluding hydrogens is 412 g/mol. The molecule has 2 rings (SSSR count). The summed E-state index contributed by atoms with van der Waals surface area (Å²) in [6, 6.07) is 14.5. The van der Waals surface area contributed by atoms with Crippen LogP contribution in [0.1, 0.15) is 24.8 Å². The number of hydrogen-bond donors (Lipinski definition) is 2. The van der Waals surface area contributed by atoms with Crippen LogP contribution >= 0.6 is 15.9 Å². The summed E-state index contributed by atoms with van der Waals surface area (Å²) < 4.78 is 5.83. The van der Waals surface area contributed by atoms with Gasteiger partial charge in [0.2, 0.25) is 5.91 Å². The number of amides is 2. The van der Waals surface area contributed by atoms with Crippen LogP contribution in [0.4, 0.5) is 11.4 Å². The lowest BCUT2D eigenvalue weighted by Gasteiger charge is -2.08. The van der Waals surface area contributed by atoms with E-state index in [9.17, 15) is 14.4 Å². The van der Waals surface area contributed by atoms with Gasteiger partial charge in [-0.2, -0.15) is 0 Å². The van der Waals surface area contributed by atoms with Gasteiger partial charge in [0, 0.05) is 28.7 Å². The van der Waals surface area contributed by atoms with Gasteiger partial charge in [-0.1, -0.05) is 34.1 Å². The minimum atomic E-state index is -0.510. The predicted octanol–water partition coefficient (Wildman–Crippen LogP) is 4.05. The van der Waals surface area contributed by atoms with Gasteiger partial charge in [-0.25, -0.2) is 0 Å². The SMILES string of the molecule is Cc1ccccc1NC(=O)CCCC(=O)OCC(=O)Nc1ccc(Br)cc1. The Balaban J connectivity index is 1.63. The first-order chi connectivity index (χ1) is 12.9. The summed E-state index contributed by atoms with van der Waals surface area (Å²) in [5, 5.41) is 5.44. The van der Waals surface area contributed by atoms with Crippen LogP contribution in [-0.4, -0.2) is 24.4 Å². The van der Waals surface area contributed by atoms with E-state index < -0.39 is 11.9 Å². The molecule has 27 heavy (non-hydrogen) atoms. The minimum Gasteiger partial charge on any atom is -0.456 e. The molecule has 0 saturated carbocycles. The fraction of sp³-hybridized carbons (Fsp3) is 0.250. The molecule has 0 fully saturated rings. The van der Waals surface area contributed by atoms with Crippen LogP contribution in [0.25, 0.3) is 0 Å². The van der Waals surface area contributed by atoms with Crippen LogP contribution in [0.5, 0.6) is 0 Å². The van der Waals surface area contributed by atoms with E-state index in [2.05, 4.69) is 26.6 Å². The Bertz CT molecular complexity index is 806. The molecule has 0 aromatic heterocycles. The first-order valence-electron chi connectivity index (χ1n) is 8.50. The molecule has 0 unspecified atom stereocenters. The van der Waals surface area contributed by atoms with Gasteiger partial charge in [0.15, 0.2) is 6.61 Å². The van der Waals surface area contributed by atoms with Gasteiger partial charge in [0.25, 0.3) is 5.91 Å². The maximum Gasteiger partial charge on any atom is 0.306 e. The minimum absolute atomic E-state index is 0.0761. The van der Waals surface area contributed by atoms with Gasteiger partial charge in [-0.05, 0) is 49.2 Å². The van der Waals surface area contributed by atoms with E-state index in [-0.39, 0.29) is 25.4 Å². The van der Waals surface area contributed by atoms with Crippen LogP contribution in [0.15, 0.2) is 53.0 Å². The Hall–Kier alpha value is -2.67. The van der Waals surface area contributed by atoms with Crippen molar-refractivity contribution in [2.24, 2.45) is 0 Å². The van der Waals surface area contributed by atoms with Crippen molar-refractivity contribution in [2.75, 3.05) is 17.2 Å². The molecule has 0 bridgehead atoms. The highest BCUT2D eigenvalue weighted by atomic mass is 79.9. The maximum absolute atomic E-state index is 11.9. The van der Waals surface area contributed by atoms with Crippen molar-refractivity contribution >= 4 is 45.1 Å². The van der Waals surface area contributed by atoms with Crippen LogP contribution in [0.2, 0.25) is 0 Å². The molecule has 0 spiro atoms. The normalized spacial score (nSPS) is 10.1. The van der Waals surface area contributed by atoms with Crippen molar-refractivity contribution in [1.29, 1.82) is 0 Å². The highest BCUT2D eigenvalue weighted by Gasteiger charge is 2.10.